The van der Waals surface area contributed by atoms with Crippen LogP contribution in [0.25, 0.3) is 22.0 Å². The van der Waals surface area contributed by atoms with Gasteiger partial charge in [-0.1, -0.05) is 24.3 Å². The van der Waals surface area contributed by atoms with Gasteiger partial charge in [0.15, 0.2) is 9.84 Å². The number of pyridine rings is 1. The quantitative estimate of drug-likeness (QED) is 0.543. The summed E-state index contributed by atoms with van der Waals surface area (Å²) in [6.07, 6.45) is 7.98. The molecule has 2 aliphatic carbocycles. The Balaban J connectivity index is 1.20. The van der Waals surface area contributed by atoms with E-state index < -0.39 is 9.84 Å². The predicted molar refractivity (Wildman–Crippen MR) is 138 cm³/mol. The van der Waals surface area contributed by atoms with Gasteiger partial charge in [0.1, 0.15) is 5.78 Å². The largest absolute Gasteiger partial charge is 0.304 e. The smallest absolute Gasteiger partial charge is 0.181 e. The first-order chi connectivity index (χ1) is 16.8. The van der Waals surface area contributed by atoms with E-state index in [2.05, 4.69) is 28.5 Å². The minimum absolute atomic E-state index is 0.0585. The second-order valence-electron chi connectivity index (χ2n) is 10.9. The summed E-state index contributed by atoms with van der Waals surface area (Å²) in [4.78, 5) is 17.2. The molecule has 1 atom stereocenters. The first-order valence-electron chi connectivity index (χ1n) is 12.8. The third kappa shape index (κ3) is 4.21. The van der Waals surface area contributed by atoms with Crippen LogP contribution in [0.15, 0.2) is 59.6 Å². The second-order valence-corrected chi connectivity index (χ2v) is 13.1. The van der Waals surface area contributed by atoms with E-state index in [0.29, 0.717) is 36.0 Å². The number of carbonyl (C=O) groups excluding carboxylic acids is 1. The maximum absolute atomic E-state index is 13.6. The van der Waals surface area contributed by atoms with Crippen LogP contribution in [-0.2, 0) is 14.6 Å². The minimum atomic E-state index is -3.41. The predicted octanol–water partition coefficient (Wildman–Crippen LogP) is 5.25. The van der Waals surface area contributed by atoms with E-state index in [0.717, 1.165) is 46.9 Å². The van der Waals surface area contributed by atoms with Gasteiger partial charge >= 0.3 is 0 Å². The van der Waals surface area contributed by atoms with E-state index in [1.165, 1.54) is 12.8 Å². The molecule has 1 spiro atoms. The molecule has 1 aliphatic heterocycles. The fourth-order valence-corrected chi connectivity index (χ4v) is 8.18. The zero-order valence-electron chi connectivity index (χ0n) is 20.2. The molecule has 2 heterocycles. The number of rotatable bonds is 4. The van der Waals surface area contributed by atoms with Gasteiger partial charge in [-0.2, -0.15) is 0 Å². The summed E-state index contributed by atoms with van der Waals surface area (Å²) in [7, 11) is -3.41. The lowest BCUT2D eigenvalue weighted by Crippen LogP contribution is -2.57. The molecule has 3 aromatic rings. The summed E-state index contributed by atoms with van der Waals surface area (Å²) in [5.41, 5.74) is 3.89. The van der Waals surface area contributed by atoms with Crippen LogP contribution in [0.3, 0.4) is 0 Å². The summed E-state index contributed by atoms with van der Waals surface area (Å²) < 4.78 is 27.2. The highest BCUT2D eigenvalue weighted by Crippen LogP contribution is 2.46. The molecule has 182 valence electrons. The first kappa shape index (κ1) is 22.9. The lowest BCUT2D eigenvalue weighted by Gasteiger charge is -2.45. The molecule has 2 aromatic carbocycles. The van der Waals surface area contributed by atoms with Crippen molar-refractivity contribution in [2.24, 2.45) is 11.8 Å². The lowest BCUT2D eigenvalue weighted by atomic mass is 9.71. The number of hydrogen-bond acceptors (Lipinski definition) is 5. The summed E-state index contributed by atoms with van der Waals surface area (Å²) in [5.74, 6) is 1.11. The van der Waals surface area contributed by atoms with Gasteiger partial charge in [0.2, 0.25) is 0 Å². The van der Waals surface area contributed by atoms with Crippen LogP contribution in [-0.4, -0.2) is 36.5 Å². The van der Waals surface area contributed by atoms with E-state index >= 15 is 0 Å². The summed E-state index contributed by atoms with van der Waals surface area (Å²) >= 11 is 0. The molecule has 3 fully saturated rings. The Bertz CT molecular complexity index is 1400. The molecule has 6 rings (SSSR count). The van der Waals surface area contributed by atoms with Crippen LogP contribution in [0.5, 0.6) is 0 Å². The van der Waals surface area contributed by atoms with Gasteiger partial charge < -0.3 is 5.32 Å². The number of nitrogens with one attached hydrogen (secondary N) is 1. The van der Waals surface area contributed by atoms with Crippen molar-refractivity contribution < 1.29 is 13.2 Å². The zero-order valence-corrected chi connectivity index (χ0v) is 21.0. The SMILES string of the molecule is Cc1cc(S(=O)(=O)C2CCC3(CC2)CC(C2CC2)C(=O)CN3)ccc1-c1ccc2cccnc2c1. The molecule has 1 N–H and O–H groups in total. The third-order valence-corrected chi connectivity index (χ3v) is 10.9. The number of hydrogen-bond donors (Lipinski definition) is 1. The molecular formula is C29H32N2O3S. The van der Waals surface area contributed by atoms with Crippen molar-refractivity contribution in [2.75, 3.05) is 6.54 Å². The average Bonchev–Trinajstić information content (AvgIpc) is 3.71. The highest BCUT2D eigenvalue weighted by molar-refractivity contribution is 7.92. The standard InChI is InChI=1S/C29H32N2O3S/c1-19-15-24(8-9-25(19)22-7-6-21-3-2-14-30-27(21)16-22)35(33,34)23-10-12-29(13-11-23)17-26(20-4-5-20)28(32)18-31-29/h2-3,6-9,14-16,20,23,26,31H,4-5,10-13,17-18H2,1H3. The van der Waals surface area contributed by atoms with Crippen LogP contribution in [0.1, 0.15) is 50.5 Å². The monoisotopic (exact) mass is 488 g/mol. The van der Waals surface area contributed by atoms with Crippen molar-refractivity contribution in [1.82, 2.24) is 10.3 Å². The van der Waals surface area contributed by atoms with Gasteiger partial charge in [-0.15, -0.1) is 0 Å². The molecule has 3 aliphatic rings. The lowest BCUT2D eigenvalue weighted by molar-refractivity contribution is -0.126. The minimum Gasteiger partial charge on any atom is -0.304 e. The van der Waals surface area contributed by atoms with Crippen molar-refractivity contribution in [2.45, 2.75) is 67.6 Å². The average molecular weight is 489 g/mol. The highest BCUT2D eigenvalue weighted by Gasteiger charge is 2.48. The topological polar surface area (TPSA) is 76.1 Å². The van der Waals surface area contributed by atoms with E-state index in [4.69, 9.17) is 0 Å². The molecule has 1 saturated heterocycles. The van der Waals surface area contributed by atoms with Gasteiger partial charge in [-0.05, 0) is 98.7 Å². The van der Waals surface area contributed by atoms with Gasteiger partial charge in [-0.3, -0.25) is 9.78 Å². The number of fused-ring (bicyclic) bond motifs is 1. The van der Waals surface area contributed by atoms with Crippen molar-refractivity contribution in [1.29, 1.82) is 0 Å². The molecule has 0 radical (unpaired) electrons. The maximum atomic E-state index is 13.6. The van der Waals surface area contributed by atoms with E-state index in [1.807, 2.05) is 31.2 Å². The van der Waals surface area contributed by atoms with Crippen LogP contribution in [0, 0.1) is 18.8 Å². The van der Waals surface area contributed by atoms with Crippen LogP contribution >= 0.6 is 0 Å². The number of aromatic nitrogens is 1. The van der Waals surface area contributed by atoms with Crippen molar-refractivity contribution in [3.8, 4) is 11.1 Å². The number of ketones is 1. The van der Waals surface area contributed by atoms with E-state index in [9.17, 15) is 13.2 Å². The molecule has 1 unspecified atom stereocenters. The summed E-state index contributed by atoms with van der Waals surface area (Å²) in [5, 5.41) is 4.23. The molecule has 35 heavy (non-hydrogen) atoms. The molecule has 5 nitrogen and oxygen atoms in total. The molecule has 0 amide bonds. The number of benzene rings is 2. The maximum Gasteiger partial charge on any atom is 0.181 e. The molecule has 6 heteroatoms. The number of Topliss-reactive ketones (excluding diaryl/α,β-unsaturated/α-hetero) is 1. The van der Waals surface area contributed by atoms with Gasteiger partial charge in [0, 0.05) is 23.0 Å². The Hall–Kier alpha value is -2.57. The summed E-state index contributed by atoms with van der Waals surface area (Å²) in [6.45, 7) is 2.43. The Morgan fingerprint density at radius 2 is 1.80 bits per heavy atom. The fourth-order valence-electron chi connectivity index (χ4n) is 6.34. The Morgan fingerprint density at radius 1 is 1.00 bits per heavy atom. The molecular weight excluding hydrogens is 456 g/mol. The first-order valence-corrected chi connectivity index (χ1v) is 14.4. The Kier molecular flexibility index (Phi) is 5.57. The van der Waals surface area contributed by atoms with Crippen molar-refractivity contribution in [3.05, 3.63) is 60.3 Å². The van der Waals surface area contributed by atoms with Gasteiger partial charge in [-0.25, -0.2) is 8.42 Å². The molecule has 2 saturated carbocycles. The summed E-state index contributed by atoms with van der Waals surface area (Å²) in [6, 6.07) is 15.7. The fraction of sp³-hybridized carbons (Fsp3) is 0.448. The van der Waals surface area contributed by atoms with Crippen molar-refractivity contribution in [3.63, 3.8) is 0 Å². The number of carbonyl (C=O) groups is 1. The number of sulfone groups is 1. The second kappa shape index (κ2) is 8.52. The normalized spacial score (nSPS) is 27.4. The van der Waals surface area contributed by atoms with Gasteiger partial charge in [0.05, 0.1) is 22.2 Å². The number of nitrogens with zero attached hydrogens (tertiary/aromatic N) is 1. The van der Waals surface area contributed by atoms with Gasteiger partial charge in [0.25, 0.3) is 0 Å². The van der Waals surface area contributed by atoms with Crippen LogP contribution in [0.4, 0.5) is 0 Å². The van der Waals surface area contributed by atoms with Crippen LogP contribution < -0.4 is 5.32 Å². The third-order valence-electron chi connectivity index (χ3n) is 8.62. The highest BCUT2D eigenvalue weighted by atomic mass is 32.2. The molecule has 0 bridgehead atoms. The molecule has 1 aromatic heterocycles. The Labute approximate surface area is 207 Å². The zero-order chi connectivity index (χ0) is 24.2. The van der Waals surface area contributed by atoms with E-state index in [-0.39, 0.29) is 16.7 Å². The Morgan fingerprint density at radius 3 is 2.54 bits per heavy atom. The van der Waals surface area contributed by atoms with Crippen molar-refractivity contribution >= 4 is 26.5 Å². The number of aryl methyl sites for hydroxylation is 1. The van der Waals surface area contributed by atoms with E-state index in [1.54, 1.807) is 12.3 Å². The van der Waals surface area contributed by atoms with Crippen LogP contribution in [0.2, 0.25) is 0 Å². The number of piperidine rings is 1.